The lowest BCUT2D eigenvalue weighted by atomic mass is 10.00. The van der Waals surface area contributed by atoms with Crippen LogP contribution in [0.15, 0.2) is 0 Å². The predicted octanol–water partition coefficient (Wildman–Crippen LogP) is 0.985. The Morgan fingerprint density at radius 1 is 1.19 bits per heavy atom. The molecule has 1 N–H and O–H groups in total. The Hall–Kier alpha value is -0.120. The second kappa shape index (κ2) is 5.03. The summed E-state index contributed by atoms with van der Waals surface area (Å²) in [4.78, 5) is 1.65. The highest BCUT2D eigenvalue weighted by Crippen LogP contribution is 2.26. The normalized spacial score (nSPS) is 36.2. The fraction of sp³-hybridized carbons (Fsp3) is 1.00. The van der Waals surface area contributed by atoms with Gasteiger partial charge in [0, 0.05) is 6.42 Å². The maximum Gasteiger partial charge on any atom is 0.208 e. The molecule has 16 heavy (non-hydrogen) atoms. The van der Waals surface area contributed by atoms with Gasteiger partial charge in [-0.25, -0.2) is 0 Å². The van der Waals surface area contributed by atoms with Crippen molar-refractivity contribution in [3.8, 4) is 0 Å². The number of likely N-dealkylation sites (tertiary alicyclic amines) is 1. The number of ether oxygens (including phenoxy) is 2. The van der Waals surface area contributed by atoms with Gasteiger partial charge in [0.25, 0.3) is 0 Å². The van der Waals surface area contributed by atoms with Crippen molar-refractivity contribution in [2.45, 2.75) is 64.4 Å². The molecular weight excluding hydrogens is 202 g/mol. The first-order valence-corrected chi connectivity index (χ1v) is 6.72. The lowest BCUT2D eigenvalue weighted by Gasteiger charge is -2.40. The zero-order valence-corrected chi connectivity index (χ0v) is 10.9. The van der Waals surface area contributed by atoms with Crippen LogP contribution < -0.4 is 4.90 Å². The fourth-order valence-corrected chi connectivity index (χ4v) is 3.01. The van der Waals surface area contributed by atoms with Crippen LogP contribution in [-0.2, 0) is 9.47 Å². The minimum absolute atomic E-state index is 0.00634. The van der Waals surface area contributed by atoms with Gasteiger partial charge in [0.15, 0.2) is 0 Å². The van der Waals surface area contributed by atoms with Crippen LogP contribution in [-0.4, -0.2) is 37.6 Å². The smallest absolute Gasteiger partial charge is 0.208 e. The summed E-state index contributed by atoms with van der Waals surface area (Å²) >= 11 is 0. The highest BCUT2D eigenvalue weighted by molar-refractivity contribution is 4.77. The van der Waals surface area contributed by atoms with Gasteiger partial charge in [-0.3, -0.25) is 0 Å². The Labute approximate surface area is 99.1 Å². The molecule has 2 atom stereocenters. The lowest BCUT2D eigenvalue weighted by Crippen LogP contribution is -3.14. The molecule has 3 nitrogen and oxygen atoms in total. The van der Waals surface area contributed by atoms with Crippen molar-refractivity contribution in [2.24, 2.45) is 0 Å². The van der Waals surface area contributed by atoms with Crippen LogP contribution in [0.25, 0.3) is 0 Å². The largest absolute Gasteiger partial charge is 0.344 e. The SMILES string of the molecule is C[C@H]1CC(C)(C)O[C@@H](C[NH+]2CCCCC2)O1. The number of hydrogen-bond acceptors (Lipinski definition) is 2. The van der Waals surface area contributed by atoms with E-state index >= 15 is 0 Å². The van der Waals surface area contributed by atoms with E-state index in [9.17, 15) is 0 Å². The monoisotopic (exact) mass is 228 g/mol. The fourth-order valence-electron chi connectivity index (χ4n) is 3.01. The number of hydrogen-bond donors (Lipinski definition) is 1. The Bertz CT molecular complexity index is 224. The van der Waals surface area contributed by atoms with Gasteiger partial charge in [0.2, 0.25) is 6.29 Å². The summed E-state index contributed by atoms with van der Waals surface area (Å²) in [6, 6.07) is 0. The summed E-state index contributed by atoms with van der Waals surface area (Å²) in [7, 11) is 0. The topological polar surface area (TPSA) is 22.9 Å². The Morgan fingerprint density at radius 2 is 1.88 bits per heavy atom. The van der Waals surface area contributed by atoms with Crippen LogP contribution in [0.3, 0.4) is 0 Å². The molecule has 0 aromatic rings. The van der Waals surface area contributed by atoms with Gasteiger partial charge in [-0.15, -0.1) is 0 Å². The minimum atomic E-state index is -0.0163. The standard InChI is InChI=1S/C13H25NO2/c1-11-9-13(2,3)16-12(15-11)10-14-7-5-4-6-8-14/h11-12H,4-10H2,1-3H3/p+1/t11-,12-/m0/s1. The Morgan fingerprint density at radius 3 is 2.50 bits per heavy atom. The third kappa shape index (κ3) is 3.44. The molecule has 3 heteroatoms. The van der Waals surface area contributed by atoms with E-state index < -0.39 is 0 Å². The van der Waals surface area contributed by atoms with E-state index in [0.29, 0.717) is 6.10 Å². The summed E-state index contributed by atoms with van der Waals surface area (Å²) in [5, 5.41) is 0. The third-order valence-corrected chi connectivity index (χ3v) is 3.63. The maximum atomic E-state index is 6.00. The molecule has 0 saturated carbocycles. The predicted molar refractivity (Wildman–Crippen MR) is 63.5 cm³/mol. The molecular formula is C13H26NO2+. The van der Waals surface area contributed by atoms with Crippen molar-refractivity contribution in [1.82, 2.24) is 0 Å². The van der Waals surface area contributed by atoms with Crippen LogP contribution in [0.2, 0.25) is 0 Å². The van der Waals surface area contributed by atoms with E-state index in [2.05, 4.69) is 20.8 Å². The summed E-state index contributed by atoms with van der Waals surface area (Å²) < 4.78 is 11.9. The van der Waals surface area contributed by atoms with Gasteiger partial charge in [-0.05, 0) is 40.0 Å². The van der Waals surface area contributed by atoms with Crippen molar-refractivity contribution < 1.29 is 14.4 Å². The average Bonchev–Trinajstić information content (AvgIpc) is 2.15. The van der Waals surface area contributed by atoms with Gasteiger partial charge in [-0.1, -0.05) is 0 Å². The summed E-state index contributed by atoms with van der Waals surface area (Å²) in [6.07, 6.45) is 5.46. The van der Waals surface area contributed by atoms with Crippen molar-refractivity contribution >= 4 is 0 Å². The molecule has 0 unspecified atom stereocenters. The first-order valence-electron chi connectivity index (χ1n) is 6.72. The van der Waals surface area contributed by atoms with Crippen LogP contribution in [0.5, 0.6) is 0 Å². The van der Waals surface area contributed by atoms with Gasteiger partial charge in [0.1, 0.15) is 6.54 Å². The summed E-state index contributed by atoms with van der Waals surface area (Å²) in [6.45, 7) is 10.1. The molecule has 2 aliphatic heterocycles. The van der Waals surface area contributed by atoms with E-state index in [4.69, 9.17) is 9.47 Å². The van der Waals surface area contributed by atoms with E-state index in [1.807, 2.05) is 0 Å². The quantitative estimate of drug-likeness (QED) is 0.761. The molecule has 0 radical (unpaired) electrons. The zero-order chi connectivity index (χ0) is 11.6. The molecule has 0 aromatic carbocycles. The van der Waals surface area contributed by atoms with Crippen LogP contribution in [0, 0.1) is 0 Å². The molecule has 94 valence electrons. The second-order valence-corrected chi connectivity index (χ2v) is 5.97. The van der Waals surface area contributed by atoms with Crippen molar-refractivity contribution in [2.75, 3.05) is 19.6 Å². The maximum absolute atomic E-state index is 6.00. The van der Waals surface area contributed by atoms with E-state index in [1.54, 1.807) is 4.90 Å². The van der Waals surface area contributed by atoms with Gasteiger partial charge < -0.3 is 14.4 Å². The number of rotatable bonds is 2. The number of piperidine rings is 1. The molecule has 2 fully saturated rings. The summed E-state index contributed by atoms with van der Waals surface area (Å²) in [5.41, 5.74) is -0.0163. The molecule has 0 aliphatic carbocycles. The first kappa shape index (κ1) is 12.3. The minimum Gasteiger partial charge on any atom is -0.344 e. The molecule has 0 bridgehead atoms. The molecule has 0 spiro atoms. The van der Waals surface area contributed by atoms with Crippen LogP contribution in [0.4, 0.5) is 0 Å². The Balaban J connectivity index is 1.84. The average molecular weight is 228 g/mol. The van der Waals surface area contributed by atoms with Gasteiger partial charge in [0.05, 0.1) is 24.8 Å². The van der Waals surface area contributed by atoms with E-state index in [1.165, 1.54) is 32.4 Å². The second-order valence-electron chi connectivity index (χ2n) is 5.97. The molecule has 0 aromatic heterocycles. The highest BCUT2D eigenvalue weighted by Gasteiger charge is 2.35. The van der Waals surface area contributed by atoms with Crippen LogP contribution >= 0.6 is 0 Å². The lowest BCUT2D eigenvalue weighted by molar-refractivity contribution is -0.911. The molecule has 2 heterocycles. The van der Waals surface area contributed by atoms with Crippen molar-refractivity contribution in [1.29, 1.82) is 0 Å². The molecule has 2 rings (SSSR count). The van der Waals surface area contributed by atoms with Gasteiger partial charge >= 0.3 is 0 Å². The van der Waals surface area contributed by atoms with Crippen molar-refractivity contribution in [3.63, 3.8) is 0 Å². The van der Waals surface area contributed by atoms with Gasteiger partial charge in [-0.2, -0.15) is 0 Å². The third-order valence-electron chi connectivity index (χ3n) is 3.63. The number of nitrogens with one attached hydrogen (secondary N) is 1. The van der Waals surface area contributed by atoms with E-state index in [-0.39, 0.29) is 11.9 Å². The molecule has 2 saturated heterocycles. The number of quaternary nitrogens is 1. The van der Waals surface area contributed by atoms with E-state index in [0.717, 1.165) is 13.0 Å². The first-order chi connectivity index (χ1) is 7.55. The molecule has 0 amide bonds. The van der Waals surface area contributed by atoms with Crippen LogP contribution in [0.1, 0.15) is 46.5 Å². The Kier molecular flexibility index (Phi) is 3.88. The zero-order valence-electron chi connectivity index (χ0n) is 10.9. The highest BCUT2D eigenvalue weighted by atomic mass is 16.7. The summed E-state index contributed by atoms with van der Waals surface area (Å²) in [5.74, 6) is 0. The van der Waals surface area contributed by atoms with Crippen molar-refractivity contribution in [3.05, 3.63) is 0 Å². The molecule has 2 aliphatic rings.